The van der Waals surface area contributed by atoms with E-state index in [0.717, 1.165) is 12.8 Å². The zero-order chi connectivity index (χ0) is 10.4. The summed E-state index contributed by atoms with van der Waals surface area (Å²) in [7, 11) is 0. The minimum atomic E-state index is -0.834. The molecular formula is C9H17NO4. The average molecular weight is 203 g/mol. The lowest BCUT2D eigenvalue weighted by Crippen LogP contribution is -2.38. The number of piperidine rings is 1. The lowest BCUT2D eigenvalue weighted by molar-refractivity contribution is 0.0463. The predicted octanol–water partition coefficient (Wildman–Crippen LogP) is 0.385. The fourth-order valence-corrected chi connectivity index (χ4v) is 1.61. The molecule has 1 rings (SSSR count). The number of aliphatic hydroxyl groups excluding tert-OH is 1. The molecular weight excluding hydrogens is 186 g/mol. The van der Waals surface area contributed by atoms with E-state index < -0.39 is 6.09 Å². The van der Waals surface area contributed by atoms with Crippen molar-refractivity contribution in [2.45, 2.75) is 12.8 Å². The molecule has 0 bridgehead atoms. The van der Waals surface area contributed by atoms with E-state index in [1.807, 2.05) is 0 Å². The van der Waals surface area contributed by atoms with Gasteiger partial charge in [0.05, 0.1) is 13.2 Å². The molecule has 1 fully saturated rings. The number of aliphatic hydroxyl groups is 1. The summed E-state index contributed by atoms with van der Waals surface area (Å²) in [5.74, 6) is 0.442. The van der Waals surface area contributed by atoms with Gasteiger partial charge in [-0.1, -0.05) is 0 Å². The minimum absolute atomic E-state index is 0.0496. The quantitative estimate of drug-likeness (QED) is 0.648. The van der Waals surface area contributed by atoms with Gasteiger partial charge in [-0.25, -0.2) is 4.79 Å². The highest BCUT2D eigenvalue weighted by atomic mass is 16.5. The van der Waals surface area contributed by atoms with E-state index in [2.05, 4.69) is 0 Å². The van der Waals surface area contributed by atoms with Crippen molar-refractivity contribution in [3.05, 3.63) is 0 Å². The van der Waals surface area contributed by atoms with Gasteiger partial charge in [-0.15, -0.1) is 0 Å². The third-order valence-electron chi connectivity index (χ3n) is 2.47. The Morgan fingerprint density at radius 1 is 1.43 bits per heavy atom. The Morgan fingerprint density at radius 2 is 2.07 bits per heavy atom. The van der Waals surface area contributed by atoms with E-state index in [1.54, 1.807) is 0 Å². The molecule has 1 heterocycles. The van der Waals surface area contributed by atoms with Gasteiger partial charge in [-0.3, -0.25) is 0 Å². The first-order chi connectivity index (χ1) is 6.74. The molecule has 5 heteroatoms. The van der Waals surface area contributed by atoms with Crippen molar-refractivity contribution in [3.63, 3.8) is 0 Å². The molecule has 0 unspecified atom stereocenters. The fraction of sp³-hybridized carbons (Fsp3) is 0.889. The van der Waals surface area contributed by atoms with Crippen LogP contribution < -0.4 is 0 Å². The van der Waals surface area contributed by atoms with E-state index in [9.17, 15) is 4.79 Å². The second-order valence-corrected chi connectivity index (χ2v) is 3.51. The number of rotatable bonds is 4. The number of hydrogen-bond donors (Lipinski definition) is 2. The Kier molecular flexibility index (Phi) is 4.69. The number of carboxylic acid groups (broad SMARTS) is 1. The van der Waals surface area contributed by atoms with Gasteiger partial charge in [0.15, 0.2) is 0 Å². The van der Waals surface area contributed by atoms with Gasteiger partial charge in [0, 0.05) is 19.7 Å². The van der Waals surface area contributed by atoms with Crippen molar-refractivity contribution < 1.29 is 19.7 Å². The summed E-state index contributed by atoms with van der Waals surface area (Å²) in [5.41, 5.74) is 0. The maximum Gasteiger partial charge on any atom is 0.407 e. The van der Waals surface area contributed by atoms with Crippen LogP contribution in [0.4, 0.5) is 4.79 Å². The average Bonchev–Trinajstić information content (AvgIpc) is 2.19. The fourth-order valence-electron chi connectivity index (χ4n) is 1.61. The van der Waals surface area contributed by atoms with Gasteiger partial charge in [0.2, 0.25) is 0 Å². The molecule has 0 aromatic rings. The summed E-state index contributed by atoms with van der Waals surface area (Å²) in [6.07, 6.45) is 0.884. The van der Waals surface area contributed by atoms with Crippen molar-refractivity contribution >= 4 is 6.09 Å². The molecule has 1 aliphatic heterocycles. The highest BCUT2D eigenvalue weighted by Crippen LogP contribution is 2.17. The second-order valence-electron chi connectivity index (χ2n) is 3.51. The molecule has 82 valence electrons. The van der Waals surface area contributed by atoms with Crippen molar-refractivity contribution in [2.24, 2.45) is 5.92 Å². The molecule has 0 radical (unpaired) electrons. The molecule has 0 spiro atoms. The number of nitrogens with zero attached hydrogens (tertiary/aromatic N) is 1. The first-order valence-corrected chi connectivity index (χ1v) is 4.90. The zero-order valence-corrected chi connectivity index (χ0v) is 8.19. The molecule has 0 atom stereocenters. The molecule has 2 N–H and O–H groups in total. The summed E-state index contributed by atoms with van der Waals surface area (Å²) in [4.78, 5) is 12.0. The summed E-state index contributed by atoms with van der Waals surface area (Å²) in [5, 5.41) is 17.2. The number of ether oxygens (including phenoxy) is 1. The van der Waals surface area contributed by atoms with Gasteiger partial charge < -0.3 is 19.8 Å². The van der Waals surface area contributed by atoms with E-state index in [0.29, 0.717) is 32.2 Å². The summed E-state index contributed by atoms with van der Waals surface area (Å²) in [6, 6.07) is 0. The Balaban J connectivity index is 2.12. The first-order valence-electron chi connectivity index (χ1n) is 4.90. The molecule has 1 amide bonds. The predicted molar refractivity (Wildman–Crippen MR) is 50.2 cm³/mol. The summed E-state index contributed by atoms with van der Waals surface area (Å²) >= 11 is 0. The van der Waals surface area contributed by atoms with E-state index in [1.165, 1.54) is 4.90 Å². The molecule has 1 aliphatic rings. The third-order valence-corrected chi connectivity index (χ3v) is 2.47. The van der Waals surface area contributed by atoms with Crippen LogP contribution in [0, 0.1) is 5.92 Å². The van der Waals surface area contributed by atoms with Crippen LogP contribution in [0.15, 0.2) is 0 Å². The van der Waals surface area contributed by atoms with Crippen LogP contribution in [0.2, 0.25) is 0 Å². The molecule has 0 aliphatic carbocycles. The van der Waals surface area contributed by atoms with E-state index in [4.69, 9.17) is 14.9 Å². The van der Waals surface area contributed by atoms with Crippen LogP contribution in [0.1, 0.15) is 12.8 Å². The van der Waals surface area contributed by atoms with Crippen molar-refractivity contribution in [3.8, 4) is 0 Å². The third kappa shape index (κ3) is 3.51. The molecule has 0 saturated carbocycles. The lowest BCUT2D eigenvalue weighted by atomic mass is 9.98. The first kappa shape index (κ1) is 11.3. The molecule has 1 saturated heterocycles. The van der Waals surface area contributed by atoms with Crippen molar-refractivity contribution in [2.75, 3.05) is 32.9 Å². The van der Waals surface area contributed by atoms with Crippen LogP contribution in [0.3, 0.4) is 0 Å². The lowest BCUT2D eigenvalue weighted by Gasteiger charge is -2.29. The normalized spacial score (nSPS) is 18.5. The molecule has 0 aromatic carbocycles. The monoisotopic (exact) mass is 203 g/mol. The smallest absolute Gasteiger partial charge is 0.407 e. The number of hydrogen-bond acceptors (Lipinski definition) is 3. The molecule has 14 heavy (non-hydrogen) atoms. The number of carbonyl (C=O) groups is 1. The standard InChI is InChI=1S/C9H17NO4/c11-5-6-14-7-8-1-3-10(4-2-8)9(12)13/h8,11H,1-7H2,(H,12,13). The van der Waals surface area contributed by atoms with Crippen LogP contribution in [0.5, 0.6) is 0 Å². The van der Waals surface area contributed by atoms with Crippen LogP contribution in [-0.2, 0) is 4.74 Å². The number of likely N-dealkylation sites (tertiary alicyclic amines) is 1. The van der Waals surface area contributed by atoms with Crippen molar-refractivity contribution in [1.29, 1.82) is 0 Å². The molecule has 5 nitrogen and oxygen atoms in total. The van der Waals surface area contributed by atoms with Gasteiger partial charge >= 0.3 is 6.09 Å². The Morgan fingerprint density at radius 3 is 2.57 bits per heavy atom. The Bertz CT molecular complexity index is 178. The van der Waals surface area contributed by atoms with Crippen molar-refractivity contribution in [1.82, 2.24) is 4.90 Å². The zero-order valence-electron chi connectivity index (χ0n) is 8.19. The molecule has 0 aromatic heterocycles. The van der Waals surface area contributed by atoms with Crippen LogP contribution in [-0.4, -0.2) is 54.1 Å². The highest BCUT2D eigenvalue weighted by Gasteiger charge is 2.21. The van der Waals surface area contributed by atoms with Gasteiger partial charge in [-0.2, -0.15) is 0 Å². The van der Waals surface area contributed by atoms with E-state index >= 15 is 0 Å². The number of amides is 1. The Labute approximate surface area is 83.3 Å². The van der Waals surface area contributed by atoms with Crippen LogP contribution >= 0.6 is 0 Å². The largest absolute Gasteiger partial charge is 0.465 e. The van der Waals surface area contributed by atoms with E-state index in [-0.39, 0.29) is 6.61 Å². The van der Waals surface area contributed by atoms with Crippen LogP contribution in [0.25, 0.3) is 0 Å². The highest BCUT2D eigenvalue weighted by molar-refractivity contribution is 5.64. The topological polar surface area (TPSA) is 70.0 Å². The van der Waals surface area contributed by atoms with Gasteiger partial charge in [-0.05, 0) is 18.8 Å². The maximum absolute atomic E-state index is 10.6. The Hall–Kier alpha value is -0.810. The minimum Gasteiger partial charge on any atom is -0.465 e. The SMILES string of the molecule is O=C(O)N1CCC(COCCO)CC1. The summed E-state index contributed by atoms with van der Waals surface area (Å²) < 4.78 is 5.20. The van der Waals surface area contributed by atoms with Gasteiger partial charge in [0.25, 0.3) is 0 Å². The van der Waals surface area contributed by atoms with Gasteiger partial charge in [0.1, 0.15) is 0 Å². The summed E-state index contributed by atoms with van der Waals surface area (Å²) in [6.45, 7) is 2.26. The maximum atomic E-state index is 10.6. The second kappa shape index (κ2) is 5.82.